The summed E-state index contributed by atoms with van der Waals surface area (Å²) < 4.78 is 4.37. The summed E-state index contributed by atoms with van der Waals surface area (Å²) in [6, 6.07) is 0. The lowest BCUT2D eigenvalue weighted by Crippen LogP contribution is -2.53. The summed E-state index contributed by atoms with van der Waals surface area (Å²) >= 11 is 2.83. The zero-order chi connectivity index (χ0) is 19.9. The molecule has 9 nitrogen and oxygen atoms in total. The molecule has 1 aliphatic heterocycles. The molecule has 0 unspecified atom stereocenters. The van der Waals surface area contributed by atoms with Crippen molar-refractivity contribution in [2.75, 3.05) is 51.2 Å². The van der Waals surface area contributed by atoms with Crippen LogP contribution in [0, 0.1) is 6.92 Å². The topological polar surface area (TPSA) is 98.6 Å². The summed E-state index contributed by atoms with van der Waals surface area (Å²) in [5.41, 5.74) is 2.46. The zero-order valence-corrected chi connectivity index (χ0v) is 18.1. The first-order valence-electron chi connectivity index (χ1n) is 9.33. The van der Waals surface area contributed by atoms with Crippen molar-refractivity contribution in [3.8, 4) is 0 Å². The van der Waals surface area contributed by atoms with Gasteiger partial charge in [-0.15, -0.1) is 11.3 Å². The van der Waals surface area contributed by atoms with Gasteiger partial charge in [-0.05, 0) is 6.92 Å². The van der Waals surface area contributed by atoms with Crippen LogP contribution in [0.1, 0.15) is 28.1 Å². The number of guanidine groups is 1. The van der Waals surface area contributed by atoms with E-state index in [2.05, 4.69) is 46.7 Å². The average Bonchev–Trinajstić information content (AvgIpc) is 3.37. The Morgan fingerprint density at radius 3 is 2.61 bits per heavy atom. The average molecular weight is 423 g/mol. The molecule has 1 fully saturated rings. The second kappa shape index (κ2) is 9.78. The molecule has 1 amide bonds. The third kappa shape index (κ3) is 4.96. The van der Waals surface area contributed by atoms with Crippen molar-refractivity contribution >= 4 is 39.9 Å². The third-order valence-electron chi connectivity index (χ3n) is 4.48. The van der Waals surface area contributed by atoms with Crippen molar-refractivity contribution in [1.82, 2.24) is 29.9 Å². The van der Waals surface area contributed by atoms with Crippen LogP contribution >= 0.6 is 22.9 Å². The largest absolute Gasteiger partial charge is 0.354 e. The summed E-state index contributed by atoms with van der Waals surface area (Å²) in [6.07, 6.45) is 0.867. The molecule has 0 spiro atoms. The van der Waals surface area contributed by atoms with Crippen molar-refractivity contribution in [3.63, 3.8) is 0 Å². The van der Waals surface area contributed by atoms with Crippen LogP contribution in [-0.4, -0.2) is 77.4 Å². The van der Waals surface area contributed by atoms with E-state index < -0.39 is 0 Å². The molecule has 1 aliphatic rings. The molecule has 0 atom stereocenters. The SMILES string of the molecule is CCc1nsc(N2CCN(C(=NC)NCCNC(=O)c3scnc3C)CC2)n1. The number of carbonyl (C=O) groups is 1. The number of hydrogen-bond donors (Lipinski definition) is 2. The lowest BCUT2D eigenvalue weighted by molar-refractivity contribution is 0.0957. The van der Waals surface area contributed by atoms with Crippen molar-refractivity contribution < 1.29 is 4.79 Å². The summed E-state index contributed by atoms with van der Waals surface area (Å²) in [5, 5.41) is 7.25. The molecule has 2 N–H and O–H groups in total. The van der Waals surface area contributed by atoms with Gasteiger partial charge in [-0.1, -0.05) is 6.92 Å². The van der Waals surface area contributed by atoms with Gasteiger partial charge in [0.15, 0.2) is 5.96 Å². The molecule has 2 aromatic heterocycles. The molecule has 0 saturated carbocycles. The number of aliphatic imine (C=N–C) groups is 1. The van der Waals surface area contributed by atoms with E-state index in [9.17, 15) is 4.79 Å². The Bertz CT molecular complexity index is 810. The molecule has 0 aliphatic carbocycles. The monoisotopic (exact) mass is 422 g/mol. The lowest BCUT2D eigenvalue weighted by Gasteiger charge is -2.36. The van der Waals surface area contributed by atoms with Crippen LogP contribution in [0.25, 0.3) is 0 Å². The van der Waals surface area contributed by atoms with Crippen LogP contribution in [0.4, 0.5) is 5.13 Å². The van der Waals surface area contributed by atoms with Gasteiger partial charge >= 0.3 is 0 Å². The fraction of sp³-hybridized carbons (Fsp3) is 0.588. The molecule has 1 saturated heterocycles. The van der Waals surface area contributed by atoms with Crippen molar-refractivity contribution in [2.45, 2.75) is 20.3 Å². The highest BCUT2D eigenvalue weighted by Crippen LogP contribution is 2.19. The second-order valence-electron chi connectivity index (χ2n) is 6.32. The van der Waals surface area contributed by atoms with Gasteiger partial charge in [-0.2, -0.15) is 4.37 Å². The van der Waals surface area contributed by atoms with Crippen LogP contribution in [0.2, 0.25) is 0 Å². The summed E-state index contributed by atoms with van der Waals surface area (Å²) in [5.74, 6) is 1.69. The molecule has 0 bridgehead atoms. The maximum absolute atomic E-state index is 12.1. The van der Waals surface area contributed by atoms with Gasteiger partial charge < -0.3 is 20.4 Å². The predicted molar refractivity (Wildman–Crippen MR) is 114 cm³/mol. The Morgan fingerprint density at radius 2 is 2.00 bits per heavy atom. The van der Waals surface area contributed by atoms with Gasteiger partial charge in [-0.3, -0.25) is 9.79 Å². The fourth-order valence-corrected chi connectivity index (χ4v) is 4.43. The first kappa shape index (κ1) is 20.5. The Morgan fingerprint density at radius 1 is 1.25 bits per heavy atom. The standard InChI is InChI=1S/C17H26N8OS2/c1-4-13-22-17(28-23-13)25-9-7-24(8-10-25)16(18-3)20-6-5-19-15(26)14-12(2)21-11-27-14/h11H,4-10H2,1-3H3,(H,18,20)(H,19,26). The van der Waals surface area contributed by atoms with E-state index >= 15 is 0 Å². The van der Waals surface area contributed by atoms with Crippen molar-refractivity contribution in [2.24, 2.45) is 4.99 Å². The van der Waals surface area contributed by atoms with Gasteiger partial charge in [-0.25, -0.2) is 9.97 Å². The second-order valence-corrected chi connectivity index (χ2v) is 7.90. The lowest BCUT2D eigenvalue weighted by atomic mass is 10.3. The first-order chi connectivity index (χ1) is 13.6. The van der Waals surface area contributed by atoms with Crippen molar-refractivity contribution in [1.29, 1.82) is 0 Å². The Hall–Kier alpha value is -2.27. The number of anilines is 1. The molecule has 3 heterocycles. The van der Waals surface area contributed by atoms with E-state index in [0.717, 1.165) is 55.2 Å². The van der Waals surface area contributed by atoms with E-state index in [0.29, 0.717) is 18.0 Å². The van der Waals surface area contributed by atoms with Crippen LogP contribution in [0.15, 0.2) is 10.5 Å². The van der Waals surface area contributed by atoms with E-state index in [1.807, 2.05) is 6.92 Å². The number of thiazole rings is 1. The summed E-state index contributed by atoms with van der Waals surface area (Å²) in [6.45, 7) is 8.57. The Kier molecular flexibility index (Phi) is 7.15. The van der Waals surface area contributed by atoms with Gasteiger partial charge in [0.1, 0.15) is 10.7 Å². The minimum atomic E-state index is -0.0751. The highest BCUT2D eigenvalue weighted by atomic mass is 32.1. The number of amides is 1. The van der Waals surface area contributed by atoms with Crippen LogP contribution < -0.4 is 15.5 Å². The van der Waals surface area contributed by atoms with Crippen LogP contribution in [0.5, 0.6) is 0 Å². The smallest absolute Gasteiger partial charge is 0.263 e. The number of aromatic nitrogens is 3. The molecule has 152 valence electrons. The third-order valence-corrected chi connectivity index (χ3v) is 6.22. The molecular weight excluding hydrogens is 396 g/mol. The molecular formula is C17H26N8OS2. The van der Waals surface area contributed by atoms with Gasteiger partial charge in [0.05, 0.1) is 11.2 Å². The maximum Gasteiger partial charge on any atom is 0.263 e. The van der Waals surface area contributed by atoms with Crippen molar-refractivity contribution in [3.05, 3.63) is 21.9 Å². The highest BCUT2D eigenvalue weighted by molar-refractivity contribution is 7.11. The van der Waals surface area contributed by atoms with E-state index in [1.165, 1.54) is 22.9 Å². The quantitative estimate of drug-likeness (QED) is 0.407. The number of nitrogens with one attached hydrogen (secondary N) is 2. The maximum atomic E-state index is 12.1. The minimum Gasteiger partial charge on any atom is -0.354 e. The first-order valence-corrected chi connectivity index (χ1v) is 11.0. The molecule has 2 aromatic rings. The Labute approximate surface area is 173 Å². The number of piperazine rings is 1. The van der Waals surface area contributed by atoms with E-state index in [1.54, 1.807) is 12.6 Å². The molecule has 11 heteroatoms. The van der Waals surface area contributed by atoms with Gasteiger partial charge in [0, 0.05) is 64.3 Å². The molecule has 0 radical (unpaired) electrons. The van der Waals surface area contributed by atoms with Crippen LogP contribution in [0.3, 0.4) is 0 Å². The Balaban J connectivity index is 1.41. The zero-order valence-electron chi connectivity index (χ0n) is 16.4. The van der Waals surface area contributed by atoms with Crippen LogP contribution in [-0.2, 0) is 6.42 Å². The van der Waals surface area contributed by atoms with E-state index in [-0.39, 0.29) is 5.91 Å². The summed E-state index contributed by atoms with van der Waals surface area (Å²) in [7, 11) is 1.78. The molecule has 0 aromatic carbocycles. The van der Waals surface area contributed by atoms with Gasteiger partial charge in [0.25, 0.3) is 5.91 Å². The van der Waals surface area contributed by atoms with E-state index in [4.69, 9.17) is 0 Å². The normalized spacial score (nSPS) is 15.0. The fourth-order valence-electron chi connectivity index (χ4n) is 2.91. The summed E-state index contributed by atoms with van der Waals surface area (Å²) in [4.78, 5) is 30.3. The molecule has 3 rings (SSSR count). The minimum absolute atomic E-state index is 0.0751. The predicted octanol–water partition coefficient (Wildman–Crippen LogP) is 0.993. The van der Waals surface area contributed by atoms with Gasteiger partial charge in [0.2, 0.25) is 5.13 Å². The number of rotatable bonds is 6. The number of nitrogens with zero attached hydrogens (tertiary/aromatic N) is 6. The highest BCUT2D eigenvalue weighted by Gasteiger charge is 2.22. The molecule has 28 heavy (non-hydrogen) atoms. The number of carbonyl (C=O) groups excluding carboxylic acids is 1. The number of aryl methyl sites for hydroxylation is 2. The number of hydrogen-bond acceptors (Lipinski definition) is 8.